The molecule has 0 aliphatic carbocycles. The van der Waals surface area contributed by atoms with Crippen LogP contribution in [0.3, 0.4) is 0 Å². The number of carbonyl (C=O) groups is 1. The van der Waals surface area contributed by atoms with E-state index in [9.17, 15) is 18.0 Å². The molecule has 3 nitrogen and oxygen atoms in total. The number of primary amides is 1. The second-order valence-electron chi connectivity index (χ2n) is 7.74. The number of carbonyl (C=O) groups excluding carboxylic acids is 1. The Morgan fingerprint density at radius 3 is 2.19 bits per heavy atom. The molecule has 1 heterocycles. The van der Waals surface area contributed by atoms with Crippen molar-refractivity contribution in [1.82, 2.24) is 4.90 Å². The van der Waals surface area contributed by atoms with Crippen molar-refractivity contribution in [2.24, 2.45) is 17.6 Å². The molecule has 3 rings (SSSR count). The fourth-order valence-electron chi connectivity index (χ4n) is 4.55. The summed E-state index contributed by atoms with van der Waals surface area (Å²) >= 11 is 0. The molecule has 1 fully saturated rings. The van der Waals surface area contributed by atoms with Crippen LogP contribution in [0.1, 0.15) is 32.8 Å². The summed E-state index contributed by atoms with van der Waals surface area (Å²) in [7, 11) is 0. The van der Waals surface area contributed by atoms with Gasteiger partial charge in [-0.1, -0.05) is 39.0 Å². The average molecular weight is 378 g/mol. The number of halogens is 3. The van der Waals surface area contributed by atoms with Crippen LogP contribution in [0.25, 0.3) is 10.8 Å². The molecule has 2 N–H and O–H groups in total. The number of nitrogens with zero attached hydrogens (tertiary/aromatic N) is 1. The van der Waals surface area contributed by atoms with E-state index in [1.54, 1.807) is 18.2 Å². The van der Waals surface area contributed by atoms with E-state index in [1.165, 1.54) is 19.1 Å². The highest BCUT2D eigenvalue weighted by Gasteiger charge is 2.59. The third-order valence-corrected chi connectivity index (χ3v) is 6.06. The lowest BCUT2D eigenvalue weighted by molar-refractivity contribution is -0.173. The first-order chi connectivity index (χ1) is 12.6. The van der Waals surface area contributed by atoms with Gasteiger partial charge in [0.05, 0.1) is 11.5 Å². The first kappa shape index (κ1) is 19.7. The minimum absolute atomic E-state index is 0.198. The molecule has 0 spiro atoms. The lowest BCUT2D eigenvalue weighted by atomic mass is 9.66. The number of fused-ring (bicyclic) bond motifs is 1. The number of nitrogens with two attached hydrogens (primary N) is 1. The third-order valence-electron chi connectivity index (χ3n) is 6.06. The minimum atomic E-state index is -3.66. The van der Waals surface area contributed by atoms with Crippen molar-refractivity contribution in [2.45, 2.75) is 38.7 Å². The van der Waals surface area contributed by atoms with Crippen LogP contribution in [0.5, 0.6) is 0 Å². The monoisotopic (exact) mass is 378 g/mol. The van der Waals surface area contributed by atoms with E-state index < -0.39 is 23.3 Å². The molecule has 2 aromatic carbocycles. The van der Waals surface area contributed by atoms with E-state index in [4.69, 9.17) is 5.73 Å². The zero-order chi connectivity index (χ0) is 20.0. The number of amides is 1. The van der Waals surface area contributed by atoms with E-state index in [0.717, 1.165) is 11.8 Å². The maximum absolute atomic E-state index is 14.8. The molecule has 2 unspecified atom stereocenters. The van der Waals surface area contributed by atoms with E-state index in [0.29, 0.717) is 24.0 Å². The SMILES string of the molecule is CC(C)C(c1ccc2cc(F)ccc2c1)(C(C)C(F)(F)C(N)=O)N1CCC1. The molecule has 2 aromatic rings. The van der Waals surface area contributed by atoms with E-state index >= 15 is 0 Å². The van der Waals surface area contributed by atoms with Crippen LogP contribution in [-0.2, 0) is 10.3 Å². The second-order valence-corrected chi connectivity index (χ2v) is 7.74. The van der Waals surface area contributed by atoms with Crippen molar-refractivity contribution in [3.05, 3.63) is 47.8 Å². The Hall–Kier alpha value is -2.08. The standard InChI is InChI=1S/C21H25F3N2O/c1-13(2)20(26-9-4-10-26,14(3)21(23,24)19(25)27)17-7-5-16-12-18(22)8-6-15(16)11-17/h5-8,11-14H,4,9-10H2,1-3H3,(H2,25,27). The molecule has 1 aliphatic rings. The number of likely N-dealkylation sites (tertiary alicyclic amines) is 1. The van der Waals surface area contributed by atoms with Crippen molar-refractivity contribution in [2.75, 3.05) is 13.1 Å². The van der Waals surface area contributed by atoms with Crippen LogP contribution >= 0.6 is 0 Å². The summed E-state index contributed by atoms with van der Waals surface area (Å²) in [5, 5.41) is 1.48. The molecule has 1 amide bonds. The Labute approximate surface area is 157 Å². The maximum Gasteiger partial charge on any atom is 0.328 e. The number of rotatable bonds is 6. The van der Waals surface area contributed by atoms with Gasteiger partial charge in [-0.3, -0.25) is 9.69 Å². The summed E-state index contributed by atoms with van der Waals surface area (Å²) in [6, 6.07) is 9.77. The van der Waals surface area contributed by atoms with Crippen molar-refractivity contribution in [3.63, 3.8) is 0 Å². The largest absolute Gasteiger partial charge is 0.364 e. The molecule has 0 saturated carbocycles. The molecule has 27 heavy (non-hydrogen) atoms. The Bertz CT molecular complexity index is 864. The Kier molecular flexibility index (Phi) is 4.97. The average Bonchev–Trinajstić information content (AvgIpc) is 2.56. The smallest absolute Gasteiger partial charge is 0.328 e. The van der Waals surface area contributed by atoms with Gasteiger partial charge in [-0.05, 0) is 46.9 Å². The number of benzene rings is 2. The zero-order valence-electron chi connectivity index (χ0n) is 15.8. The lowest BCUT2D eigenvalue weighted by Crippen LogP contribution is -2.64. The number of hydrogen-bond acceptors (Lipinski definition) is 2. The fraction of sp³-hybridized carbons (Fsp3) is 0.476. The first-order valence-electron chi connectivity index (χ1n) is 9.24. The molecule has 0 radical (unpaired) electrons. The Balaban J connectivity index is 2.23. The van der Waals surface area contributed by atoms with Crippen molar-refractivity contribution < 1.29 is 18.0 Å². The summed E-state index contributed by atoms with van der Waals surface area (Å²) in [6.45, 7) is 6.54. The molecular formula is C21H25F3N2O. The van der Waals surface area contributed by atoms with Gasteiger partial charge in [-0.25, -0.2) is 4.39 Å². The van der Waals surface area contributed by atoms with Gasteiger partial charge in [0.25, 0.3) is 5.91 Å². The van der Waals surface area contributed by atoms with Crippen LogP contribution in [0.15, 0.2) is 36.4 Å². The maximum atomic E-state index is 14.8. The topological polar surface area (TPSA) is 46.3 Å². The van der Waals surface area contributed by atoms with Gasteiger partial charge in [-0.15, -0.1) is 0 Å². The number of alkyl halides is 2. The van der Waals surface area contributed by atoms with Gasteiger partial charge in [0.15, 0.2) is 0 Å². The first-order valence-corrected chi connectivity index (χ1v) is 9.24. The molecular weight excluding hydrogens is 353 g/mol. The van der Waals surface area contributed by atoms with Crippen LogP contribution in [0.4, 0.5) is 13.2 Å². The van der Waals surface area contributed by atoms with Gasteiger partial charge in [0.2, 0.25) is 0 Å². The predicted molar refractivity (Wildman–Crippen MR) is 99.9 cm³/mol. The van der Waals surface area contributed by atoms with E-state index in [-0.39, 0.29) is 11.7 Å². The Morgan fingerprint density at radius 1 is 1.07 bits per heavy atom. The van der Waals surface area contributed by atoms with Gasteiger partial charge in [0.1, 0.15) is 5.82 Å². The molecule has 1 saturated heterocycles. The molecule has 6 heteroatoms. The summed E-state index contributed by atoms with van der Waals surface area (Å²) in [5.74, 6) is -7.13. The van der Waals surface area contributed by atoms with Crippen LogP contribution in [0, 0.1) is 17.7 Å². The molecule has 0 bridgehead atoms. The van der Waals surface area contributed by atoms with Crippen LogP contribution < -0.4 is 5.73 Å². The summed E-state index contributed by atoms with van der Waals surface area (Å²) < 4.78 is 43.1. The molecule has 2 atom stereocenters. The van der Waals surface area contributed by atoms with Crippen LogP contribution in [0.2, 0.25) is 0 Å². The normalized spacial score (nSPS) is 18.9. The highest BCUT2D eigenvalue weighted by Crippen LogP contribution is 2.50. The predicted octanol–water partition coefficient (Wildman–Crippen LogP) is 4.29. The third kappa shape index (κ3) is 3.00. The van der Waals surface area contributed by atoms with Gasteiger partial charge in [0, 0.05) is 13.1 Å². The zero-order valence-corrected chi connectivity index (χ0v) is 15.8. The van der Waals surface area contributed by atoms with Crippen molar-refractivity contribution >= 4 is 16.7 Å². The molecule has 1 aliphatic heterocycles. The fourth-order valence-corrected chi connectivity index (χ4v) is 4.55. The van der Waals surface area contributed by atoms with E-state index in [2.05, 4.69) is 0 Å². The lowest BCUT2D eigenvalue weighted by Gasteiger charge is -2.56. The van der Waals surface area contributed by atoms with Crippen molar-refractivity contribution in [1.29, 1.82) is 0 Å². The van der Waals surface area contributed by atoms with Gasteiger partial charge < -0.3 is 5.73 Å². The summed E-state index contributed by atoms with van der Waals surface area (Å²) in [6.07, 6.45) is 0.919. The van der Waals surface area contributed by atoms with E-state index in [1.807, 2.05) is 24.8 Å². The highest BCUT2D eigenvalue weighted by atomic mass is 19.3. The van der Waals surface area contributed by atoms with Crippen molar-refractivity contribution in [3.8, 4) is 0 Å². The van der Waals surface area contributed by atoms with Gasteiger partial charge in [-0.2, -0.15) is 8.78 Å². The Morgan fingerprint density at radius 2 is 1.67 bits per heavy atom. The highest BCUT2D eigenvalue weighted by molar-refractivity contribution is 5.84. The van der Waals surface area contributed by atoms with Gasteiger partial charge >= 0.3 is 5.92 Å². The quantitative estimate of drug-likeness (QED) is 0.815. The number of hydrogen-bond donors (Lipinski definition) is 1. The minimum Gasteiger partial charge on any atom is -0.364 e. The second kappa shape index (κ2) is 6.82. The van der Waals surface area contributed by atoms with Crippen LogP contribution in [-0.4, -0.2) is 29.8 Å². The summed E-state index contributed by atoms with van der Waals surface area (Å²) in [4.78, 5) is 13.6. The molecule has 146 valence electrons. The summed E-state index contributed by atoms with van der Waals surface area (Å²) in [5.41, 5.74) is 4.71. The molecule has 0 aromatic heterocycles.